The van der Waals surface area contributed by atoms with Gasteiger partial charge in [-0.25, -0.2) is 4.79 Å². The number of carbonyl (C=O) groups is 1. The summed E-state index contributed by atoms with van der Waals surface area (Å²) >= 11 is 0. The highest BCUT2D eigenvalue weighted by Crippen LogP contribution is 2.37. The summed E-state index contributed by atoms with van der Waals surface area (Å²) in [5, 5.41) is 8.90. The first kappa shape index (κ1) is 9.83. The summed E-state index contributed by atoms with van der Waals surface area (Å²) < 4.78 is 5.60. The molecule has 2 rings (SSSR count). The van der Waals surface area contributed by atoms with Gasteiger partial charge in [0.2, 0.25) is 0 Å². The van der Waals surface area contributed by atoms with Gasteiger partial charge in [-0.3, -0.25) is 4.90 Å². The third-order valence-corrected chi connectivity index (χ3v) is 2.55. The summed E-state index contributed by atoms with van der Waals surface area (Å²) in [5.41, 5.74) is 1.69. The summed E-state index contributed by atoms with van der Waals surface area (Å²) in [5.74, 6) is 0.704. The molecule has 1 aliphatic heterocycles. The van der Waals surface area contributed by atoms with E-state index in [0.29, 0.717) is 11.4 Å². The number of fused-ring (bicyclic) bond motifs is 1. The van der Waals surface area contributed by atoms with Crippen LogP contribution in [-0.2, 0) is 6.42 Å². The minimum Gasteiger partial charge on any atom is -0.488 e. The molecule has 0 saturated carbocycles. The Labute approximate surface area is 88.1 Å². The summed E-state index contributed by atoms with van der Waals surface area (Å²) in [7, 11) is 1.52. The van der Waals surface area contributed by atoms with Crippen LogP contribution in [0.1, 0.15) is 12.5 Å². The number of nitrogens with zero attached hydrogens (tertiary/aromatic N) is 1. The van der Waals surface area contributed by atoms with E-state index in [1.807, 2.05) is 19.1 Å². The smallest absolute Gasteiger partial charge is 0.411 e. The van der Waals surface area contributed by atoms with Crippen molar-refractivity contribution in [2.45, 2.75) is 19.4 Å². The van der Waals surface area contributed by atoms with E-state index in [9.17, 15) is 4.79 Å². The molecule has 0 aromatic heterocycles. The topological polar surface area (TPSA) is 49.8 Å². The fraction of sp³-hybridized carbons (Fsp3) is 0.364. The Balaban J connectivity index is 2.42. The molecule has 1 N–H and O–H groups in total. The van der Waals surface area contributed by atoms with Gasteiger partial charge in [0.1, 0.15) is 11.9 Å². The Morgan fingerprint density at radius 2 is 2.33 bits per heavy atom. The van der Waals surface area contributed by atoms with Crippen LogP contribution in [0.15, 0.2) is 18.2 Å². The van der Waals surface area contributed by atoms with Crippen molar-refractivity contribution in [1.82, 2.24) is 0 Å². The summed E-state index contributed by atoms with van der Waals surface area (Å²) in [6.07, 6.45) is -0.00807. The predicted molar refractivity (Wildman–Crippen MR) is 56.7 cm³/mol. The first-order valence-corrected chi connectivity index (χ1v) is 4.85. The van der Waals surface area contributed by atoms with Crippen molar-refractivity contribution < 1.29 is 14.6 Å². The number of amides is 1. The third kappa shape index (κ3) is 1.63. The zero-order valence-electron chi connectivity index (χ0n) is 8.73. The minimum absolute atomic E-state index is 0.128. The maximum Gasteiger partial charge on any atom is 0.411 e. The molecule has 80 valence electrons. The molecule has 0 aliphatic carbocycles. The fourth-order valence-corrected chi connectivity index (χ4v) is 1.79. The Morgan fingerprint density at radius 1 is 1.60 bits per heavy atom. The minimum atomic E-state index is -0.980. The largest absolute Gasteiger partial charge is 0.488 e. The number of ether oxygens (including phenoxy) is 1. The molecule has 0 radical (unpaired) electrons. The van der Waals surface area contributed by atoms with E-state index < -0.39 is 6.09 Å². The molecule has 1 amide bonds. The molecular formula is C11H13NO3. The van der Waals surface area contributed by atoms with E-state index in [4.69, 9.17) is 9.84 Å². The molecule has 0 saturated heterocycles. The van der Waals surface area contributed by atoms with Crippen LogP contribution < -0.4 is 9.64 Å². The molecule has 0 spiro atoms. The van der Waals surface area contributed by atoms with Crippen molar-refractivity contribution in [3.8, 4) is 5.75 Å². The molecule has 0 fully saturated rings. The van der Waals surface area contributed by atoms with Gasteiger partial charge in [0, 0.05) is 13.5 Å². The van der Waals surface area contributed by atoms with Crippen molar-refractivity contribution in [3.05, 3.63) is 23.8 Å². The highest BCUT2D eigenvalue weighted by Gasteiger charge is 2.24. The Kier molecular flexibility index (Phi) is 2.26. The number of carboxylic acid groups (broad SMARTS) is 1. The molecule has 1 heterocycles. The van der Waals surface area contributed by atoms with Gasteiger partial charge in [-0.05, 0) is 18.6 Å². The van der Waals surface area contributed by atoms with E-state index in [2.05, 4.69) is 0 Å². The van der Waals surface area contributed by atoms with Crippen LogP contribution in [0.4, 0.5) is 10.5 Å². The van der Waals surface area contributed by atoms with E-state index >= 15 is 0 Å². The summed E-state index contributed by atoms with van der Waals surface area (Å²) in [6, 6.07) is 5.58. The molecule has 1 atom stereocenters. The number of anilines is 1. The normalized spacial score (nSPS) is 18.1. The maximum atomic E-state index is 10.9. The lowest BCUT2D eigenvalue weighted by molar-refractivity contribution is 0.202. The number of hydrogen-bond donors (Lipinski definition) is 1. The quantitative estimate of drug-likeness (QED) is 0.767. The first-order chi connectivity index (χ1) is 7.09. The third-order valence-electron chi connectivity index (χ3n) is 2.55. The second-order valence-electron chi connectivity index (χ2n) is 3.74. The Hall–Kier alpha value is -1.71. The molecule has 1 aromatic rings. The number of benzene rings is 1. The summed E-state index contributed by atoms with van der Waals surface area (Å²) in [4.78, 5) is 12.0. The lowest BCUT2D eigenvalue weighted by Gasteiger charge is -2.16. The van der Waals surface area contributed by atoms with Crippen molar-refractivity contribution in [2.75, 3.05) is 11.9 Å². The summed E-state index contributed by atoms with van der Waals surface area (Å²) in [6.45, 7) is 1.98. The van der Waals surface area contributed by atoms with E-state index in [-0.39, 0.29) is 6.10 Å². The van der Waals surface area contributed by atoms with Gasteiger partial charge in [0.25, 0.3) is 0 Å². The van der Waals surface area contributed by atoms with Crippen molar-refractivity contribution in [1.29, 1.82) is 0 Å². The second kappa shape index (κ2) is 3.46. The van der Waals surface area contributed by atoms with Gasteiger partial charge in [-0.1, -0.05) is 12.1 Å². The van der Waals surface area contributed by atoms with Crippen molar-refractivity contribution >= 4 is 11.8 Å². The van der Waals surface area contributed by atoms with Crippen LogP contribution in [0.25, 0.3) is 0 Å². The Bertz CT molecular complexity index is 403. The molecule has 1 aliphatic rings. The molecule has 15 heavy (non-hydrogen) atoms. The zero-order valence-corrected chi connectivity index (χ0v) is 8.73. The second-order valence-corrected chi connectivity index (χ2v) is 3.74. The number of para-hydroxylation sites is 1. The van der Waals surface area contributed by atoms with Gasteiger partial charge in [0.15, 0.2) is 0 Å². The molecule has 4 nitrogen and oxygen atoms in total. The SMILES string of the molecule is CC1Cc2cccc(N(C)C(=O)O)c2O1. The van der Waals surface area contributed by atoms with Gasteiger partial charge >= 0.3 is 6.09 Å². The van der Waals surface area contributed by atoms with Gasteiger partial charge in [-0.15, -0.1) is 0 Å². The molecular weight excluding hydrogens is 194 g/mol. The van der Waals surface area contributed by atoms with Crippen LogP contribution in [0.3, 0.4) is 0 Å². The van der Waals surface area contributed by atoms with Gasteiger partial charge < -0.3 is 9.84 Å². The first-order valence-electron chi connectivity index (χ1n) is 4.85. The van der Waals surface area contributed by atoms with Crippen molar-refractivity contribution in [2.24, 2.45) is 0 Å². The molecule has 0 bridgehead atoms. The van der Waals surface area contributed by atoms with E-state index in [1.165, 1.54) is 11.9 Å². The van der Waals surface area contributed by atoms with Crippen LogP contribution in [0.2, 0.25) is 0 Å². The standard InChI is InChI=1S/C11H13NO3/c1-7-6-8-4-3-5-9(10(8)15-7)12(2)11(13)14/h3-5,7H,6H2,1-2H3,(H,13,14). The lowest BCUT2D eigenvalue weighted by Crippen LogP contribution is -2.24. The van der Waals surface area contributed by atoms with Crippen LogP contribution in [0.5, 0.6) is 5.75 Å². The average molecular weight is 207 g/mol. The van der Waals surface area contributed by atoms with Gasteiger partial charge in [-0.2, -0.15) is 0 Å². The van der Waals surface area contributed by atoms with Crippen LogP contribution in [0, 0.1) is 0 Å². The molecule has 1 unspecified atom stereocenters. The van der Waals surface area contributed by atoms with Crippen LogP contribution >= 0.6 is 0 Å². The maximum absolute atomic E-state index is 10.9. The monoisotopic (exact) mass is 207 g/mol. The highest BCUT2D eigenvalue weighted by atomic mass is 16.5. The molecule has 1 aromatic carbocycles. The lowest BCUT2D eigenvalue weighted by atomic mass is 10.1. The predicted octanol–water partition coefficient (Wildman–Crippen LogP) is 2.12. The fourth-order valence-electron chi connectivity index (χ4n) is 1.79. The van der Waals surface area contributed by atoms with E-state index in [1.54, 1.807) is 6.07 Å². The van der Waals surface area contributed by atoms with Gasteiger partial charge in [0.05, 0.1) is 5.69 Å². The zero-order chi connectivity index (χ0) is 11.0. The number of hydrogen-bond acceptors (Lipinski definition) is 2. The molecule has 4 heteroatoms. The van der Waals surface area contributed by atoms with Crippen molar-refractivity contribution in [3.63, 3.8) is 0 Å². The van der Waals surface area contributed by atoms with E-state index in [0.717, 1.165) is 12.0 Å². The van der Waals surface area contributed by atoms with Crippen LogP contribution in [-0.4, -0.2) is 24.4 Å². The highest BCUT2D eigenvalue weighted by molar-refractivity contribution is 5.88. The Morgan fingerprint density at radius 3 is 3.00 bits per heavy atom. The average Bonchev–Trinajstić information content (AvgIpc) is 2.56. The number of rotatable bonds is 1.